The number of nitrogens with one attached hydrogen (secondary N) is 1. The number of benzene rings is 2. The minimum Gasteiger partial charge on any atom is -0.497 e. The molecule has 0 radical (unpaired) electrons. The second-order valence-electron chi connectivity index (χ2n) is 6.25. The zero-order valence-corrected chi connectivity index (χ0v) is 16.8. The van der Waals surface area contributed by atoms with Gasteiger partial charge in [0.05, 0.1) is 34.0 Å². The first-order chi connectivity index (χ1) is 14.0. The Morgan fingerprint density at radius 1 is 1.28 bits per heavy atom. The number of amides is 1. The maximum absolute atomic E-state index is 12.9. The molecule has 0 saturated carbocycles. The monoisotopic (exact) mass is 430 g/mol. The third-order valence-corrected chi connectivity index (χ3v) is 5.81. The molecule has 1 aliphatic heterocycles. The van der Waals surface area contributed by atoms with Crippen LogP contribution in [0.3, 0.4) is 0 Å². The molecule has 29 heavy (non-hydrogen) atoms. The van der Waals surface area contributed by atoms with Crippen LogP contribution < -0.4 is 10.1 Å². The number of ether oxygens (including phenoxy) is 1. The largest absolute Gasteiger partial charge is 0.497 e. The summed E-state index contributed by atoms with van der Waals surface area (Å²) in [5.41, 5.74) is 2.41. The summed E-state index contributed by atoms with van der Waals surface area (Å²) in [5, 5.41) is 18.7. The molecule has 0 spiro atoms. The first kappa shape index (κ1) is 19.3. The van der Waals surface area contributed by atoms with Gasteiger partial charge in [-0.3, -0.25) is 14.9 Å². The van der Waals surface area contributed by atoms with Gasteiger partial charge in [0.25, 0.3) is 11.6 Å². The number of aromatic nitrogens is 2. The van der Waals surface area contributed by atoms with Crippen LogP contribution in [-0.2, 0) is 11.5 Å². The third kappa shape index (κ3) is 3.66. The summed E-state index contributed by atoms with van der Waals surface area (Å²) in [4.78, 5) is 23.4. The average molecular weight is 431 g/mol. The van der Waals surface area contributed by atoms with E-state index < -0.39 is 10.8 Å². The summed E-state index contributed by atoms with van der Waals surface area (Å²) in [6.07, 6.45) is 0. The normalized spacial score (nSPS) is 12.5. The lowest BCUT2D eigenvalue weighted by molar-refractivity contribution is -0.384. The van der Waals surface area contributed by atoms with E-state index in [1.807, 2.05) is 12.1 Å². The molecular weight excluding hydrogens is 416 g/mol. The number of thioether (sulfide) groups is 1. The van der Waals surface area contributed by atoms with Gasteiger partial charge in [-0.15, -0.1) is 0 Å². The summed E-state index contributed by atoms with van der Waals surface area (Å²) in [6, 6.07) is 11.1. The van der Waals surface area contributed by atoms with Crippen LogP contribution in [0.25, 0.3) is 5.69 Å². The number of nitro groups is 1. The van der Waals surface area contributed by atoms with Gasteiger partial charge in [0.1, 0.15) is 11.6 Å². The zero-order chi connectivity index (χ0) is 20.5. The molecule has 0 atom stereocenters. The zero-order valence-electron chi connectivity index (χ0n) is 15.2. The molecule has 148 valence electrons. The Hall–Kier alpha value is -3.04. The Bertz CT molecular complexity index is 1110. The van der Waals surface area contributed by atoms with Gasteiger partial charge in [-0.25, -0.2) is 4.68 Å². The number of rotatable bonds is 5. The van der Waals surface area contributed by atoms with Crippen molar-refractivity contribution in [3.05, 3.63) is 74.4 Å². The fourth-order valence-corrected chi connectivity index (χ4v) is 4.27. The highest BCUT2D eigenvalue weighted by Gasteiger charge is 2.26. The highest BCUT2D eigenvalue weighted by molar-refractivity contribution is 7.98. The van der Waals surface area contributed by atoms with Crippen molar-refractivity contribution in [1.29, 1.82) is 0 Å². The molecule has 10 heteroatoms. The molecule has 4 rings (SSSR count). The highest BCUT2D eigenvalue weighted by Crippen LogP contribution is 2.36. The predicted molar refractivity (Wildman–Crippen MR) is 111 cm³/mol. The van der Waals surface area contributed by atoms with E-state index in [1.165, 1.54) is 18.2 Å². The summed E-state index contributed by atoms with van der Waals surface area (Å²) < 4.78 is 6.85. The Balaban J connectivity index is 1.72. The number of fused-ring (bicyclic) bond motifs is 1. The van der Waals surface area contributed by atoms with E-state index in [0.29, 0.717) is 17.3 Å². The van der Waals surface area contributed by atoms with Gasteiger partial charge in [-0.05, 0) is 30.3 Å². The lowest BCUT2D eigenvalue weighted by atomic mass is 10.2. The van der Waals surface area contributed by atoms with Gasteiger partial charge in [0.15, 0.2) is 0 Å². The minimum absolute atomic E-state index is 0.0303. The van der Waals surface area contributed by atoms with Crippen molar-refractivity contribution in [1.82, 2.24) is 9.78 Å². The van der Waals surface area contributed by atoms with Crippen LogP contribution in [0.15, 0.2) is 42.5 Å². The molecule has 1 amide bonds. The number of nitro benzene ring substituents is 1. The van der Waals surface area contributed by atoms with Crippen molar-refractivity contribution >= 4 is 40.8 Å². The van der Waals surface area contributed by atoms with E-state index in [9.17, 15) is 14.9 Å². The first-order valence-corrected chi connectivity index (χ1v) is 10.1. The van der Waals surface area contributed by atoms with Crippen molar-refractivity contribution < 1.29 is 14.5 Å². The van der Waals surface area contributed by atoms with Crippen molar-refractivity contribution in [2.45, 2.75) is 11.5 Å². The lowest BCUT2D eigenvalue weighted by Gasteiger charge is -2.12. The fraction of sp³-hybridized carbons (Fsp3) is 0.158. The number of halogens is 1. The molecular formula is C19H15ClN4O4S. The molecule has 0 fully saturated rings. The lowest BCUT2D eigenvalue weighted by Crippen LogP contribution is -2.17. The molecule has 3 aromatic rings. The number of carbonyl (C=O) groups is 1. The van der Waals surface area contributed by atoms with E-state index in [4.69, 9.17) is 16.3 Å². The van der Waals surface area contributed by atoms with E-state index in [-0.39, 0.29) is 16.3 Å². The molecule has 1 N–H and O–H groups in total. The van der Waals surface area contributed by atoms with Crippen molar-refractivity contribution in [3.8, 4) is 11.4 Å². The predicted octanol–water partition coefficient (Wildman–Crippen LogP) is 4.44. The summed E-state index contributed by atoms with van der Waals surface area (Å²) >= 11 is 7.82. The Morgan fingerprint density at radius 2 is 2.03 bits per heavy atom. The van der Waals surface area contributed by atoms with Gasteiger partial charge in [-0.1, -0.05) is 11.6 Å². The Labute approximate surface area is 175 Å². The van der Waals surface area contributed by atoms with Crippen LogP contribution in [0, 0.1) is 10.1 Å². The quantitative estimate of drug-likeness (QED) is 0.474. The molecule has 1 aromatic heterocycles. The van der Waals surface area contributed by atoms with E-state index in [1.54, 1.807) is 35.7 Å². The summed E-state index contributed by atoms with van der Waals surface area (Å²) in [5.74, 6) is 2.16. The summed E-state index contributed by atoms with van der Waals surface area (Å²) in [6.45, 7) is 0. The number of nitrogens with zero attached hydrogens (tertiary/aromatic N) is 3. The van der Waals surface area contributed by atoms with E-state index in [0.717, 1.165) is 22.7 Å². The average Bonchev–Trinajstić information content (AvgIpc) is 3.31. The number of hydrogen-bond donors (Lipinski definition) is 1. The Morgan fingerprint density at radius 3 is 2.72 bits per heavy atom. The number of hydrogen-bond acceptors (Lipinski definition) is 6. The first-order valence-electron chi connectivity index (χ1n) is 8.56. The second kappa shape index (κ2) is 7.76. The Kier molecular flexibility index (Phi) is 5.16. The molecule has 0 bridgehead atoms. The fourth-order valence-electron chi connectivity index (χ4n) is 3.03. The maximum Gasteiger partial charge on any atom is 0.270 e. The summed E-state index contributed by atoms with van der Waals surface area (Å²) in [7, 11) is 1.59. The molecule has 1 aliphatic rings. The van der Waals surface area contributed by atoms with Crippen LogP contribution in [0.2, 0.25) is 5.02 Å². The molecule has 0 unspecified atom stereocenters. The molecule has 0 aliphatic carbocycles. The van der Waals surface area contributed by atoms with Crippen molar-refractivity contribution in [3.63, 3.8) is 0 Å². The standard InChI is InChI=1S/C19H15ClN4O4S/c1-28-13-5-2-11(3-6-13)23-18(15-9-29-10-17(15)22-23)21-19(25)14-8-12(24(26)27)4-7-16(14)20/h2-8H,9-10H2,1H3,(H,21,25). The maximum atomic E-state index is 12.9. The van der Waals surface area contributed by atoms with E-state index >= 15 is 0 Å². The SMILES string of the molecule is COc1ccc(-n2nc3c(c2NC(=O)c2cc([N+](=O)[O-])ccc2Cl)CSC3)cc1. The van der Waals surface area contributed by atoms with Gasteiger partial charge in [0.2, 0.25) is 0 Å². The highest BCUT2D eigenvalue weighted by atomic mass is 35.5. The minimum atomic E-state index is -0.566. The van der Waals surface area contributed by atoms with Crippen molar-refractivity contribution in [2.75, 3.05) is 12.4 Å². The van der Waals surface area contributed by atoms with Crippen LogP contribution in [0.4, 0.5) is 11.5 Å². The molecule has 2 aromatic carbocycles. The number of carbonyl (C=O) groups excluding carboxylic acids is 1. The smallest absolute Gasteiger partial charge is 0.270 e. The van der Waals surface area contributed by atoms with Gasteiger partial charge < -0.3 is 10.1 Å². The molecule has 0 saturated heterocycles. The van der Waals surface area contributed by atoms with Gasteiger partial charge in [0, 0.05) is 29.2 Å². The van der Waals surface area contributed by atoms with Crippen LogP contribution in [0.5, 0.6) is 5.75 Å². The number of methoxy groups -OCH3 is 1. The van der Waals surface area contributed by atoms with Crippen LogP contribution in [-0.4, -0.2) is 27.7 Å². The number of non-ortho nitro benzene ring substituents is 1. The van der Waals surface area contributed by atoms with Crippen LogP contribution >= 0.6 is 23.4 Å². The molecule has 8 nitrogen and oxygen atoms in total. The third-order valence-electron chi connectivity index (χ3n) is 4.51. The van der Waals surface area contributed by atoms with Crippen molar-refractivity contribution in [2.24, 2.45) is 0 Å². The number of anilines is 1. The molecule has 2 heterocycles. The topological polar surface area (TPSA) is 99.3 Å². The van der Waals surface area contributed by atoms with Gasteiger partial charge in [-0.2, -0.15) is 16.9 Å². The van der Waals surface area contributed by atoms with E-state index in [2.05, 4.69) is 10.4 Å². The van der Waals surface area contributed by atoms with Gasteiger partial charge >= 0.3 is 0 Å². The second-order valence-corrected chi connectivity index (χ2v) is 7.64. The van der Waals surface area contributed by atoms with Crippen LogP contribution in [0.1, 0.15) is 21.6 Å².